The SMILES string of the molecule is O=C(c1ccc(Oc2ccccc2)cc1)N1CCC(Cn2cnc3ccccc32)CC1. The summed E-state index contributed by atoms with van der Waals surface area (Å²) in [5.74, 6) is 2.17. The predicted molar refractivity (Wildman–Crippen MR) is 121 cm³/mol. The smallest absolute Gasteiger partial charge is 0.253 e. The molecule has 0 aliphatic carbocycles. The third-order valence-electron chi connectivity index (χ3n) is 5.96. The van der Waals surface area contributed by atoms with Gasteiger partial charge in [-0.05, 0) is 67.3 Å². The van der Waals surface area contributed by atoms with Crippen LogP contribution in [0.5, 0.6) is 11.5 Å². The lowest BCUT2D eigenvalue weighted by atomic mass is 9.96. The number of carbonyl (C=O) groups excluding carboxylic acids is 1. The number of likely N-dealkylation sites (tertiary alicyclic amines) is 1. The first-order valence-corrected chi connectivity index (χ1v) is 10.8. The zero-order chi connectivity index (χ0) is 21.0. The van der Waals surface area contributed by atoms with Crippen LogP contribution in [0.2, 0.25) is 0 Å². The highest BCUT2D eigenvalue weighted by Crippen LogP contribution is 2.25. The van der Waals surface area contributed by atoms with Crippen molar-refractivity contribution in [3.05, 3.63) is 90.8 Å². The second kappa shape index (κ2) is 8.64. The molecule has 1 fully saturated rings. The van der Waals surface area contributed by atoms with Crippen LogP contribution in [0, 0.1) is 5.92 Å². The van der Waals surface area contributed by atoms with Crippen molar-refractivity contribution in [1.82, 2.24) is 14.5 Å². The Bertz CT molecular complexity index is 1160. The van der Waals surface area contributed by atoms with E-state index in [9.17, 15) is 4.79 Å². The molecule has 0 bridgehead atoms. The summed E-state index contributed by atoms with van der Waals surface area (Å²) in [4.78, 5) is 19.4. The van der Waals surface area contributed by atoms with Gasteiger partial charge in [-0.15, -0.1) is 0 Å². The number of hydrogen-bond donors (Lipinski definition) is 0. The van der Waals surface area contributed by atoms with E-state index in [0.29, 0.717) is 11.5 Å². The van der Waals surface area contributed by atoms with Gasteiger partial charge >= 0.3 is 0 Å². The van der Waals surface area contributed by atoms with Gasteiger partial charge in [-0.3, -0.25) is 4.79 Å². The van der Waals surface area contributed by atoms with Crippen molar-refractivity contribution in [3.8, 4) is 11.5 Å². The molecule has 5 rings (SSSR count). The average Bonchev–Trinajstić information content (AvgIpc) is 3.23. The van der Waals surface area contributed by atoms with Gasteiger partial charge in [0.25, 0.3) is 5.91 Å². The highest BCUT2D eigenvalue weighted by Gasteiger charge is 2.24. The van der Waals surface area contributed by atoms with E-state index in [4.69, 9.17) is 4.74 Å². The van der Waals surface area contributed by atoms with Gasteiger partial charge in [-0.1, -0.05) is 30.3 Å². The normalized spacial score (nSPS) is 14.6. The van der Waals surface area contributed by atoms with Crippen molar-refractivity contribution >= 4 is 16.9 Å². The minimum Gasteiger partial charge on any atom is -0.457 e. The van der Waals surface area contributed by atoms with Crippen LogP contribution in [0.3, 0.4) is 0 Å². The van der Waals surface area contributed by atoms with E-state index in [1.54, 1.807) is 0 Å². The van der Waals surface area contributed by atoms with Crippen LogP contribution in [0.1, 0.15) is 23.2 Å². The number of ether oxygens (including phenoxy) is 1. The van der Waals surface area contributed by atoms with Gasteiger partial charge in [0.15, 0.2) is 0 Å². The zero-order valence-corrected chi connectivity index (χ0v) is 17.4. The summed E-state index contributed by atoms with van der Waals surface area (Å²) >= 11 is 0. The quantitative estimate of drug-likeness (QED) is 0.443. The molecule has 156 valence electrons. The fourth-order valence-corrected chi connectivity index (χ4v) is 4.23. The van der Waals surface area contributed by atoms with Gasteiger partial charge in [0.1, 0.15) is 11.5 Å². The molecule has 1 amide bonds. The van der Waals surface area contributed by atoms with Crippen LogP contribution in [0.25, 0.3) is 11.0 Å². The molecule has 0 unspecified atom stereocenters. The van der Waals surface area contributed by atoms with Gasteiger partial charge in [0, 0.05) is 25.2 Å². The van der Waals surface area contributed by atoms with Crippen molar-refractivity contribution in [2.45, 2.75) is 19.4 Å². The lowest BCUT2D eigenvalue weighted by Gasteiger charge is -2.32. The van der Waals surface area contributed by atoms with E-state index in [2.05, 4.69) is 21.7 Å². The van der Waals surface area contributed by atoms with Crippen LogP contribution in [-0.4, -0.2) is 33.4 Å². The monoisotopic (exact) mass is 411 g/mol. The molecule has 2 heterocycles. The molecule has 1 aliphatic rings. The lowest BCUT2D eigenvalue weighted by molar-refractivity contribution is 0.0683. The molecular formula is C26H25N3O2. The maximum Gasteiger partial charge on any atom is 0.253 e. The molecule has 0 N–H and O–H groups in total. The van der Waals surface area contributed by atoms with Crippen LogP contribution < -0.4 is 4.74 Å². The number of fused-ring (bicyclic) bond motifs is 1. The minimum absolute atomic E-state index is 0.0952. The van der Waals surface area contributed by atoms with Gasteiger partial charge < -0.3 is 14.2 Å². The molecule has 0 spiro atoms. The van der Waals surface area contributed by atoms with E-state index < -0.39 is 0 Å². The Labute approximate surface area is 181 Å². The standard InChI is InChI=1S/C26H25N3O2/c30-26(21-10-12-23(13-11-21)31-22-6-2-1-3-7-22)28-16-14-20(15-17-28)18-29-19-27-24-8-4-5-9-25(24)29/h1-13,19-20H,14-18H2. The van der Waals surface area contributed by atoms with Crippen molar-refractivity contribution in [1.29, 1.82) is 0 Å². The second-order valence-electron chi connectivity index (χ2n) is 8.06. The Balaban J connectivity index is 1.17. The van der Waals surface area contributed by atoms with E-state index >= 15 is 0 Å². The summed E-state index contributed by atoms with van der Waals surface area (Å²) < 4.78 is 8.06. The summed E-state index contributed by atoms with van der Waals surface area (Å²) in [7, 11) is 0. The van der Waals surface area contributed by atoms with Crippen molar-refractivity contribution < 1.29 is 9.53 Å². The summed E-state index contributed by atoms with van der Waals surface area (Å²) in [6.07, 6.45) is 3.95. The third-order valence-corrected chi connectivity index (χ3v) is 5.96. The molecule has 3 aromatic carbocycles. The first kappa shape index (κ1) is 19.4. The van der Waals surface area contributed by atoms with Gasteiger partial charge in [-0.25, -0.2) is 4.98 Å². The highest BCUT2D eigenvalue weighted by molar-refractivity contribution is 5.94. The molecule has 1 aromatic heterocycles. The number of aromatic nitrogens is 2. The summed E-state index contributed by atoms with van der Waals surface area (Å²) in [5, 5.41) is 0. The van der Waals surface area contributed by atoms with Crippen molar-refractivity contribution in [2.75, 3.05) is 13.1 Å². The average molecular weight is 412 g/mol. The number of imidazole rings is 1. The first-order chi connectivity index (χ1) is 15.3. The first-order valence-electron chi connectivity index (χ1n) is 10.8. The topological polar surface area (TPSA) is 47.4 Å². The Morgan fingerprint density at radius 3 is 2.32 bits per heavy atom. The van der Waals surface area contributed by atoms with Crippen LogP contribution in [0.15, 0.2) is 85.2 Å². The molecule has 0 radical (unpaired) electrons. The number of nitrogens with zero attached hydrogens (tertiary/aromatic N) is 3. The largest absolute Gasteiger partial charge is 0.457 e. The van der Waals surface area contributed by atoms with Crippen molar-refractivity contribution in [3.63, 3.8) is 0 Å². The van der Waals surface area contributed by atoms with Crippen LogP contribution in [-0.2, 0) is 6.54 Å². The maximum atomic E-state index is 12.9. The molecule has 5 heteroatoms. The molecule has 1 aliphatic heterocycles. The van der Waals surface area contributed by atoms with Crippen LogP contribution in [0.4, 0.5) is 0 Å². The van der Waals surface area contributed by atoms with Gasteiger partial charge in [0.05, 0.1) is 17.4 Å². The number of piperidine rings is 1. The van der Waals surface area contributed by atoms with Gasteiger partial charge in [-0.2, -0.15) is 0 Å². The second-order valence-corrected chi connectivity index (χ2v) is 8.06. The Hall–Kier alpha value is -3.60. The molecule has 5 nitrogen and oxygen atoms in total. The van der Waals surface area contributed by atoms with E-state index in [1.807, 2.05) is 78.0 Å². The molecule has 31 heavy (non-hydrogen) atoms. The zero-order valence-electron chi connectivity index (χ0n) is 17.4. The Kier molecular flexibility index (Phi) is 5.40. The summed E-state index contributed by atoms with van der Waals surface area (Å²) in [5.41, 5.74) is 2.92. The van der Waals surface area contributed by atoms with E-state index in [-0.39, 0.29) is 5.91 Å². The number of amides is 1. The molecule has 0 saturated carbocycles. The number of rotatable bonds is 5. The maximum absolute atomic E-state index is 12.9. The number of para-hydroxylation sites is 3. The van der Waals surface area contributed by atoms with Crippen LogP contribution >= 0.6 is 0 Å². The fraction of sp³-hybridized carbons (Fsp3) is 0.231. The molecule has 4 aromatic rings. The Morgan fingerprint density at radius 1 is 0.871 bits per heavy atom. The van der Waals surface area contributed by atoms with E-state index in [1.165, 1.54) is 5.52 Å². The molecular weight excluding hydrogens is 386 g/mol. The Morgan fingerprint density at radius 2 is 1.55 bits per heavy atom. The van der Waals surface area contributed by atoms with Gasteiger partial charge in [0.2, 0.25) is 0 Å². The van der Waals surface area contributed by atoms with E-state index in [0.717, 1.165) is 49.5 Å². The summed E-state index contributed by atoms with van der Waals surface area (Å²) in [6, 6.07) is 25.3. The lowest BCUT2D eigenvalue weighted by Crippen LogP contribution is -2.39. The highest BCUT2D eigenvalue weighted by atomic mass is 16.5. The molecule has 0 atom stereocenters. The fourth-order valence-electron chi connectivity index (χ4n) is 4.23. The number of benzene rings is 3. The third kappa shape index (κ3) is 4.31. The van der Waals surface area contributed by atoms with Crippen molar-refractivity contribution in [2.24, 2.45) is 5.92 Å². The minimum atomic E-state index is 0.0952. The number of carbonyl (C=O) groups is 1. The molecule has 1 saturated heterocycles. The summed E-state index contributed by atoms with van der Waals surface area (Å²) in [6.45, 7) is 2.53. The number of hydrogen-bond acceptors (Lipinski definition) is 3. The predicted octanol–water partition coefficient (Wildman–Crippen LogP) is 5.38.